The summed E-state index contributed by atoms with van der Waals surface area (Å²) in [5.74, 6) is -1.84. The number of carboxylic acid groups (broad SMARTS) is 1. The van der Waals surface area contributed by atoms with E-state index in [9.17, 15) is 14.0 Å². The SMILES string of the molecule is CC(NC(=O)N1CCC(C(=O)O)CC1)c1cc(F)c(Cl)cc1Cl. The molecule has 0 saturated carbocycles. The topological polar surface area (TPSA) is 69.6 Å². The van der Waals surface area contributed by atoms with Crippen molar-refractivity contribution in [2.45, 2.75) is 25.8 Å². The molecule has 1 aliphatic heterocycles. The molecule has 2 N–H and O–H groups in total. The predicted octanol–water partition coefficient (Wildman–Crippen LogP) is 3.70. The monoisotopic (exact) mass is 362 g/mol. The lowest BCUT2D eigenvalue weighted by molar-refractivity contribution is -0.143. The number of rotatable bonds is 3. The Morgan fingerprint density at radius 1 is 1.30 bits per heavy atom. The molecule has 1 saturated heterocycles. The van der Waals surface area contributed by atoms with E-state index in [1.165, 1.54) is 12.1 Å². The van der Waals surface area contributed by atoms with Gasteiger partial charge in [-0.1, -0.05) is 23.2 Å². The smallest absolute Gasteiger partial charge is 0.317 e. The van der Waals surface area contributed by atoms with Crippen LogP contribution < -0.4 is 5.32 Å². The summed E-state index contributed by atoms with van der Waals surface area (Å²) in [6.45, 7) is 2.44. The zero-order chi connectivity index (χ0) is 17.1. The number of benzene rings is 1. The molecule has 23 heavy (non-hydrogen) atoms. The van der Waals surface area contributed by atoms with Gasteiger partial charge >= 0.3 is 12.0 Å². The summed E-state index contributed by atoms with van der Waals surface area (Å²) in [4.78, 5) is 24.7. The zero-order valence-corrected chi connectivity index (χ0v) is 14.0. The number of urea groups is 1. The lowest BCUT2D eigenvalue weighted by atomic mass is 9.97. The molecule has 1 fully saturated rings. The Bertz CT molecular complexity index is 619. The van der Waals surface area contributed by atoms with Crippen LogP contribution in [0.4, 0.5) is 9.18 Å². The molecule has 1 heterocycles. The molecule has 2 rings (SSSR count). The molecule has 1 unspecified atom stereocenters. The van der Waals surface area contributed by atoms with Gasteiger partial charge in [-0.2, -0.15) is 0 Å². The van der Waals surface area contributed by atoms with Crippen LogP contribution in [0.15, 0.2) is 12.1 Å². The summed E-state index contributed by atoms with van der Waals surface area (Å²) < 4.78 is 13.6. The van der Waals surface area contributed by atoms with Crippen LogP contribution in [0.2, 0.25) is 10.0 Å². The lowest BCUT2D eigenvalue weighted by Gasteiger charge is -2.31. The fourth-order valence-electron chi connectivity index (χ4n) is 2.55. The van der Waals surface area contributed by atoms with Crippen molar-refractivity contribution in [3.63, 3.8) is 0 Å². The summed E-state index contributed by atoms with van der Waals surface area (Å²) in [5, 5.41) is 11.9. The normalized spacial score (nSPS) is 17.0. The third kappa shape index (κ3) is 4.26. The average molecular weight is 363 g/mol. The van der Waals surface area contributed by atoms with Crippen LogP contribution in [0.3, 0.4) is 0 Å². The van der Waals surface area contributed by atoms with Gasteiger partial charge in [-0.25, -0.2) is 9.18 Å². The Hall–Kier alpha value is -1.53. The zero-order valence-electron chi connectivity index (χ0n) is 12.5. The van der Waals surface area contributed by atoms with Crippen molar-refractivity contribution in [1.29, 1.82) is 0 Å². The Labute approximate surface area is 143 Å². The number of hydrogen-bond donors (Lipinski definition) is 2. The van der Waals surface area contributed by atoms with Crippen LogP contribution in [0.5, 0.6) is 0 Å². The number of hydrogen-bond acceptors (Lipinski definition) is 2. The number of nitrogens with zero attached hydrogens (tertiary/aromatic N) is 1. The van der Waals surface area contributed by atoms with Crippen molar-refractivity contribution in [3.05, 3.63) is 33.6 Å². The van der Waals surface area contributed by atoms with E-state index in [0.717, 1.165) is 0 Å². The molecule has 8 heteroatoms. The second kappa shape index (κ2) is 7.36. The number of carboxylic acids is 1. The van der Waals surface area contributed by atoms with Crippen molar-refractivity contribution < 1.29 is 19.1 Å². The molecule has 1 atom stereocenters. The first-order valence-corrected chi connectivity index (χ1v) is 7.98. The molecule has 5 nitrogen and oxygen atoms in total. The second-order valence-corrected chi connectivity index (χ2v) is 6.37. The molecule has 0 radical (unpaired) electrons. The first-order chi connectivity index (χ1) is 10.8. The fourth-order valence-corrected chi connectivity index (χ4v) is 3.10. The number of likely N-dealkylation sites (tertiary alicyclic amines) is 1. The summed E-state index contributed by atoms with van der Waals surface area (Å²) in [7, 11) is 0. The fraction of sp³-hybridized carbons (Fsp3) is 0.467. The molecule has 0 spiro atoms. The molecular weight excluding hydrogens is 346 g/mol. The van der Waals surface area contributed by atoms with E-state index >= 15 is 0 Å². The van der Waals surface area contributed by atoms with Gasteiger partial charge in [0.15, 0.2) is 0 Å². The number of piperidine rings is 1. The van der Waals surface area contributed by atoms with Crippen LogP contribution >= 0.6 is 23.2 Å². The lowest BCUT2D eigenvalue weighted by Crippen LogP contribution is -2.46. The highest BCUT2D eigenvalue weighted by Crippen LogP contribution is 2.29. The maximum atomic E-state index is 13.6. The number of nitrogens with one attached hydrogen (secondary N) is 1. The van der Waals surface area contributed by atoms with Gasteiger partial charge in [-0.05, 0) is 37.5 Å². The predicted molar refractivity (Wildman–Crippen MR) is 85.3 cm³/mol. The van der Waals surface area contributed by atoms with Crippen LogP contribution in [0.25, 0.3) is 0 Å². The van der Waals surface area contributed by atoms with E-state index in [-0.39, 0.29) is 16.1 Å². The number of carbonyl (C=O) groups excluding carboxylic acids is 1. The molecule has 2 amide bonds. The first-order valence-electron chi connectivity index (χ1n) is 7.22. The number of aliphatic carboxylic acids is 1. The van der Waals surface area contributed by atoms with E-state index in [2.05, 4.69) is 5.32 Å². The Kier molecular flexibility index (Phi) is 5.70. The number of halogens is 3. The average Bonchev–Trinajstić information content (AvgIpc) is 2.50. The van der Waals surface area contributed by atoms with Crippen LogP contribution in [-0.4, -0.2) is 35.1 Å². The highest BCUT2D eigenvalue weighted by atomic mass is 35.5. The van der Waals surface area contributed by atoms with E-state index in [1.807, 2.05) is 0 Å². The molecule has 126 valence electrons. The van der Waals surface area contributed by atoms with Crippen molar-refractivity contribution in [3.8, 4) is 0 Å². The van der Waals surface area contributed by atoms with Crippen molar-refractivity contribution in [1.82, 2.24) is 10.2 Å². The third-order valence-electron chi connectivity index (χ3n) is 3.98. The quantitative estimate of drug-likeness (QED) is 0.805. The Morgan fingerprint density at radius 2 is 1.91 bits per heavy atom. The minimum atomic E-state index is -0.832. The largest absolute Gasteiger partial charge is 0.481 e. The Morgan fingerprint density at radius 3 is 2.48 bits per heavy atom. The standard InChI is InChI=1S/C15H17Cl2FN2O3/c1-8(10-6-13(18)12(17)7-11(10)16)19-15(23)20-4-2-9(3-5-20)14(21)22/h6-9H,2-5H2,1H3,(H,19,23)(H,21,22). The molecule has 1 aromatic carbocycles. The first kappa shape index (κ1) is 17.8. The van der Waals surface area contributed by atoms with Gasteiger partial charge in [-0.15, -0.1) is 0 Å². The molecule has 1 aliphatic rings. The Balaban J connectivity index is 1.98. The van der Waals surface area contributed by atoms with Gasteiger partial charge in [-0.3, -0.25) is 4.79 Å². The van der Waals surface area contributed by atoms with Gasteiger partial charge in [0.2, 0.25) is 0 Å². The maximum Gasteiger partial charge on any atom is 0.317 e. The molecule has 0 bridgehead atoms. The third-order valence-corrected chi connectivity index (χ3v) is 4.59. The van der Waals surface area contributed by atoms with Crippen LogP contribution in [0.1, 0.15) is 31.4 Å². The summed E-state index contributed by atoms with van der Waals surface area (Å²) in [6, 6.07) is 1.67. The van der Waals surface area contributed by atoms with Crippen molar-refractivity contribution in [2.75, 3.05) is 13.1 Å². The number of carbonyl (C=O) groups is 2. The maximum absolute atomic E-state index is 13.6. The van der Waals surface area contributed by atoms with Gasteiger partial charge in [0.1, 0.15) is 5.82 Å². The second-order valence-electron chi connectivity index (χ2n) is 5.56. The molecular formula is C15H17Cl2FN2O3. The highest BCUT2D eigenvalue weighted by Gasteiger charge is 2.27. The van der Waals surface area contributed by atoms with E-state index < -0.39 is 23.7 Å². The molecule has 1 aromatic rings. The van der Waals surface area contributed by atoms with Gasteiger partial charge in [0.25, 0.3) is 0 Å². The minimum absolute atomic E-state index is 0.0759. The van der Waals surface area contributed by atoms with Crippen LogP contribution in [0, 0.1) is 11.7 Å². The van der Waals surface area contributed by atoms with Gasteiger partial charge in [0, 0.05) is 18.1 Å². The molecule has 0 aromatic heterocycles. The van der Waals surface area contributed by atoms with Crippen LogP contribution in [-0.2, 0) is 4.79 Å². The highest BCUT2D eigenvalue weighted by molar-refractivity contribution is 6.35. The van der Waals surface area contributed by atoms with Crippen molar-refractivity contribution in [2.24, 2.45) is 5.92 Å². The van der Waals surface area contributed by atoms with E-state index in [0.29, 0.717) is 31.5 Å². The minimum Gasteiger partial charge on any atom is -0.481 e. The van der Waals surface area contributed by atoms with Crippen molar-refractivity contribution >= 4 is 35.2 Å². The van der Waals surface area contributed by atoms with Gasteiger partial charge < -0.3 is 15.3 Å². The molecule has 0 aliphatic carbocycles. The van der Waals surface area contributed by atoms with E-state index in [4.69, 9.17) is 28.3 Å². The van der Waals surface area contributed by atoms with E-state index in [1.54, 1.807) is 11.8 Å². The summed E-state index contributed by atoms with van der Waals surface area (Å²) >= 11 is 11.7. The number of amides is 2. The summed E-state index contributed by atoms with van der Waals surface area (Å²) in [5.41, 5.74) is 0.433. The van der Waals surface area contributed by atoms with Gasteiger partial charge in [0.05, 0.1) is 17.0 Å². The summed E-state index contributed by atoms with van der Waals surface area (Å²) in [6.07, 6.45) is 0.848.